The van der Waals surface area contributed by atoms with Crippen molar-refractivity contribution in [3.8, 4) is 0 Å². The molecule has 0 saturated heterocycles. The highest BCUT2D eigenvalue weighted by molar-refractivity contribution is 7.25. The molecule has 0 radical (unpaired) electrons. The van der Waals surface area contributed by atoms with E-state index < -0.39 is 0 Å². The summed E-state index contributed by atoms with van der Waals surface area (Å²) in [5.74, 6) is 0.475. The SMILES string of the molecule is Cc1ccc2c(c1)sc1ncc(N)nc12. The first kappa shape index (κ1) is 8.61. The standard InChI is InChI=1S/C11H9N3S/c1-6-2-3-7-8(4-6)15-11-10(7)14-9(12)5-13-11/h2-5H,1H3,(H2,12,14). The van der Waals surface area contributed by atoms with Gasteiger partial charge in [-0.3, -0.25) is 0 Å². The summed E-state index contributed by atoms with van der Waals surface area (Å²) in [6.07, 6.45) is 1.60. The summed E-state index contributed by atoms with van der Waals surface area (Å²) < 4.78 is 1.22. The summed E-state index contributed by atoms with van der Waals surface area (Å²) in [4.78, 5) is 9.55. The Morgan fingerprint density at radius 1 is 1.33 bits per heavy atom. The Balaban J connectivity index is 2.53. The Morgan fingerprint density at radius 2 is 2.20 bits per heavy atom. The van der Waals surface area contributed by atoms with Gasteiger partial charge in [0.05, 0.1) is 6.20 Å². The van der Waals surface area contributed by atoms with E-state index >= 15 is 0 Å². The lowest BCUT2D eigenvalue weighted by atomic mass is 10.2. The first-order chi connectivity index (χ1) is 7.24. The Labute approximate surface area is 90.6 Å². The van der Waals surface area contributed by atoms with Crippen molar-refractivity contribution in [2.45, 2.75) is 6.92 Å². The van der Waals surface area contributed by atoms with Crippen LogP contribution in [0.25, 0.3) is 20.4 Å². The molecule has 0 fully saturated rings. The number of fused-ring (bicyclic) bond motifs is 3. The van der Waals surface area contributed by atoms with Gasteiger partial charge in [0.25, 0.3) is 0 Å². The van der Waals surface area contributed by atoms with E-state index in [4.69, 9.17) is 5.73 Å². The minimum Gasteiger partial charge on any atom is -0.382 e. The molecule has 1 aromatic carbocycles. The summed E-state index contributed by atoms with van der Waals surface area (Å²) in [6.45, 7) is 2.08. The minimum atomic E-state index is 0.475. The molecule has 2 heterocycles. The van der Waals surface area contributed by atoms with Crippen LogP contribution in [0.1, 0.15) is 5.56 Å². The van der Waals surface area contributed by atoms with Gasteiger partial charge in [-0.25, -0.2) is 9.97 Å². The number of nitrogens with two attached hydrogens (primary N) is 1. The van der Waals surface area contributed by atoms with Crippen LogP contribution in [-0.4, -0.2) is 9.97 Å². The molecule has 0 bridgehead atoms. The minimum absolute atomic E-state index is 0.475. The van der Waals surface area contributed by atoms with Gasteiger partial charge in [-0.2, -0.15) is 0 Å². The Kier molecular flexibility index (Phi) is 1.67. The molecule has 15 heavy (non-hydrogen) atoms. The molecule has 3 rings (SSSR count). The van der Waals surface area contributed by atoms with Crippen LogP contribution < -0.4 is 5.73 Å². The molecule has 0 atom stereocenters. The van der Waals surface area contributed by atoms with Gasteiger partial charge < -0.3 is 5.73 Å². The van der Waals surface area contributed by atoms with Crippen LogP contribution in [0, 0.1) is 6.92 Å². The van der Waals surface area contributed by atoms with Crippen molar-refractivity contribution in [3.05, 3.63) is 30.0 Å². The number of hydrogen-bond acceptors (Lipinski definition) is 4. The number of aromatic nitrogens is 2. The van der Waals surface area contributed by atoms with Crippen molar-refractivity contribution < 1.29 is 0 Å². The van der Waals surface area contributed by atoms with Gasteiger partial charge >= 0.3 is 0 Å². The Morgan fingerprint density at radius 3 is 3.07 bits per heavy atom. The van der Waals surface area contributed by atoms with Crippen molar-refractivity contribution in [3.63, 3.8) is 0 Å². The summed E-state index contributed by atoms with van der Waals surface area (Å²) in [5.41, 5.74) is 7.80. The molecule has 2 N–H and O–H groups in total. The van der Waals surface area contributed by atoms with E-state index in [-0.39, 0.29) is 0 Å². The van der Waals surface area contributed by atoms with Crippen LogP contribution >= 0.6 is 11.3 Å². The average Bonchev–Trinajstić information content (AvgIpc) is 2.54. The molecule has 3 nitrogen and oxygen atoms in total. The predicted molar refractivity (Wildman–Crippen MR) is 64.1 cm³/mol. The third-order valence-corrected chi connectivity index (χ3v) is 3.41. The highest BCUT2D eigenvalue weighted by atomic mass is 32.1. The van der Waals surface area contributed by atoms with Gasteiger partial charge in [0.1, 0.15) is 16.2 Å². The maximum Gasteiger partial charge on any atom is 0.143 e. The van der Waals surface area contributed by atoms with Crippen LogP contribution in [0.2, 0.25) is 0 Å². The fourth-order valence-corrected chi connectivity index (χ4v) is 2.74. The topological polar surface area (TPSA) is 51.8 Å². The molecule has 4 heteroatoms. The normalized spacial score (nSPS) is 11.3. The van der Waals surface area contributed by atoms with Gasteiger partial charge in [0.2, 0.25) is 0 Å². The summed E-state index contributed by atoms with van der Waals surface area (Å²) >= 11 is 1.66. The third kappa shape index (κ3) is 1.26. The fraction of sp³-hybridized carbons (Fsp3) is 0.0909. The smallest absolute Gasteiger partial charge is 0.143 e. The molecule has 0 amide bonds. The molecule has 0 saturated carbocycles. The average molecular weight is 215 g/mol. The fourth-order valence-electron chi connectivity index (χ4n) is 1.66. The van der Waals surface area contributed by atoms with Crippen molar-refractivity contribution in [1.29, 1.82) is 0 Å². The molecule has 3 aromatic rings. The highest BCUT2D eigenvalue weighted by Gasteiger charge is 2.07. The lowest BCUT2D eigenvalue weighted by molar-refractivity contribution is 1.33. The molecule has 2 aromatic heterocycles. The molecular formula is C11H9N3S. The molecular weight excluding hydrogens is 206 g/mol. The highest BCUT2D eigenvalue weighted by Crippen LogP contribution is 2.31. The number of rotatable bonds is 0. The van der Waals surface area contributed by atoms with E-state index in [1.807, 2.05) is 0 Å². The number of nitrogens with zero attached hydrogens (tertiary/aromatic N) is 2. The second kappa shape index (κ2) is 2.90. The number of benzene rings is 1. The summed E-state index contributed by atoms with van der Waals surface area (Å²) in [6, 6.07) is 6.32. The van der Waals surface area contributed by atoms with E-state index in [1.165, 1.54) is 10.3 Å². The first-order valence-corrected chi connectivity index (χ1v) is 5.47. The number of anilines is 1. The molecule has 74 valence electrons. The summed E-state index contributed by atoms with van der Waals surface area (Å²) in [5, 5.41) is 1.14. The van der Waals surface area contributed by atoms with Crippen molar-refractivity contribution in [2.75, 3.05) is 5.73 Å². The molecule has 0 aliphatic rings. The number of nitrogen functional groups attached to an aromatic ring is 1. The van der Waals surface area contributed by atoms with Gasteiger partial charge in [-0.05, 0) is 18.6 Å². The van der Waals surface area contributed by atoms with Gasteiger partial charge in [-0.1, -0.05) is 12.1 Å². The van der Waals surface area contributed by atoms with E-state index in [2.05, 4.69) is 35.1 Å². The largest absolute Gasteiger partial charge is 0.382 e. The van der Waals surface area contributed by atoms with Crippen LogP contribution in [0.5, 0.6) is 0 Å². The van der Waals surface area contributed by atoms with Gasteiger partial charge in [0.15, 0.2) is 0 Å². The maximum atomic E-state index is 5.64. The van der Waals surface area contributed by atoms with Crippen molar-refractivity contribution in [2.24, 2.45) is 0 Å². The number of aryl methyl sites for hydroxylation is 1. The molecule has 0 aliphatic carbocycles. The van der Waals surface area contributed by atoms with E-state index in [0.29, 0.717) is 5.82 Å². The van der Waals surface area contributed by atoms with Crippen molar-refractivity contribution >= 4 is 37.6 Å². The van der Waals surface area contributed by atoms with Crippen LogP contribution in [0.3, 0.4) is 0 Å². The predicted octanol–water partition coefficient (Wildman–Crippen LogP) is 2.74. The first-order valence-electron chi connectivity index (χ1n) is 4.65. The van der Waals surface area contributed by atoms with E-state index in [0.717, 1.165) is 15.7 Å². The lowest BCUT2D eigenvalue weighted by Crippen LogP contribution is -1.89. The van der Waals surface area contributed by atoms with Gasteiger partial charge in [-0.15, -0.1) is 11.3 Å². The van der Waals surface area contributed by atoms with Crippen LogP contribution in [-0.2, 0) is 0 Å². The zero-order valence-electron chi connectivity index (χ0n) is 8.19. The third-order valence-electron chi connectivity index (χ3n) is 2.36. The maximum absolute atomic E-state index is 5.64. The second-order valence-electron chi connectivity index (χ2n) is 3.55. The number of thiophene rings is 1. The quantitative estimate of drug-likeness (QED) is 0.627. The summed E-state index contributed by atoms with van der Waals surface area (Å²) in [7, 11) is 0. The van der Waals surface area contributed by atoms with E-state index in [1.54, 1.807) is 17.5 Å². The molecule has 0 aliphatic heterocycles. The van der Waals surface area contributed by atoms with Gasteiger partial charge in [0, 0.05) is 10.1 Å². The van der Waals surface area contributed by atoms with E-state index in [9.17, 15) is 0 Å². The Bertz CT molecular complexity index is 657. The zero-order chi connectivity index (χ0) is 10.4. The van der Waals surface area contributed by atoms with Crippen LogP contribution in [0.15, 0.2) is 24.4 Å². The second-order valence-corrected chi connectivity index (χ2v) is 4.58. The molecule has 0 spiro atoms. The van der Waals surface area contributed by atoms with Crippen LogP contribution in [0.4, 0.5) is 5.82 Å². The lowest BCUT2D eigenvalue weighted by Gasteiger charge is -1.93. The Hall–Kier alpha value is -1.68. The molecule has 0 unspecified atom stereocenters. The van der Waals surface area contributed by atoms with Crippen molar-refractivity contribution in [1.82, 2.24) is 9.97 Å². The zero-order valence-corrected chi connectivity index (χ0v) is 9.01. The number of hydrogen-bond donors (Lipinski definition) is 1. The monoisotopic (exact) mass is 215 g/mol.